The molecule has 0 heterocycles. The molecule has 0 saturated heterocycles. The van der Waals surface area contributed by atoms with E-state index in [1.54, 1.807) is 13.8 Å². The number of phenolic OH excluding ortho intramolecular Hbond substituents is 2. The normalized spacial score (nSPS) is 25.9. The average molecular weight is 382 g/mol. The smallest absolute Gasteiger partial charge is 0.201 e. The summed E-state index contributed by atoms with van der Waals surface area (Å²) in [4.78, 5) is 26.4. The molecule has 2 aromatic rings. The summed E-state index contributed by atoms with van der Waals surface area (Å²) in [5.41, 5.74) is 0.533. The Kier molecular flexibility index (Phi) is 3.93. The molecule has 3 atom stereocenters. The highest BCUT2D eigenvalue weighted by molar-refractivity contribution is 6.31. The van der Waals surface area contributed by atoms with E-state index in [0.717, 1.165) is 0 Å². The summed E-state index contributed by atoms with van der Waals surface area (Å²) in [6.45, 7) is 5.25. The van der Waals surface area contributed by atoms with Crippen LogP contribution in [0.4, 0.5) is 0 Å². The van der Waals surface area contributed by atoms with Crippen molar-refractivity contribution in [1.29, 1.82) is 0 Å². The molecular formula is C22H22O6. The van der Waals surface area contributed by atoms with Gasteiger partial charge in [-0.3, -0.25) is 9.59 Å². The highest BCUT2D eigenvalue weighted by Gasteiger charge is 2.46. The number of carbonyl (C=O) groups excluding carboxylic acids is 2. The van der Waals surface area contributed by atoms with Gasteiger partial charge in [0, 0.05) is 36.1 Å². The molecule has 28 heavy (non-hydrogen) atoms. The number of hydrogen-bond acceptors (Lipinski definition) is 6. The number of fused-ring (bicyclic) bond motifs is 3. The van der Waals surface area contributed by atoms with Crippen LogP contribution in [0.3, 0.4) is 0 Å². The summed E-state index contributed by atoms with van der Waals surface area (Å²) >= 11 is 0. The first-order valence-corrected chi connectivity index (χ1v) is 9.17. The number of aliphatic hydroxyl groups is 1. The van der Waals surface area contributed by atoms with E-state index in [1.165, 1.54) is 25.3 Å². The molecule has 3 unspecified atom stereocenters. The Labute approximate surface area is 162 Å². The predicted molar refractivity (Wildman–Crippen MR) is 101 cm³/mol. The van der Waals surface area contributed by atoms with Crippen LogP contribution in [-0.4, -0.2) is 39.6 Å². The lowest BCUT2D eigenvalue weighted by Crippen LogP contribution is -2.39. The number of rotatable bonds is 1. The van der Waals surface area contributed by atoms with Gasteiger partial charge in [0.25, 0.3) is 0 Å². The number of methoxy groups -OCH3 is 1. The fourth-order valence-electron chi connectivity index (χ4n) is 4.69. The highest BCUT2D eigenvalue weighted by atomic mass is 16.5. The molecule has 2 aliphatic carbocycles. The monoisotopic (exact) mass is 382 g/mol. The van der Waals surface area contributed by atoms with E-state index in [9.17, 15) is 24.9 Å². The number of ether oxygens (including phenoxy) is 1. The van der Waals surface area contributed by atoms with Crippen molar-refractivity contribution in [2.75, 3.05) is 7.11 Å². The van der Waals surface area contributed by atoms with Crippen LogP contribution in [0, 0.1) is 6.92 Å². The van der Waals surface area contributed by atoms with E-state index in [2.05, 4.69) is 0 Å². The minimum absolute atomic E-state index is 0.0977. The number of phenols is 2. The van der Waals surface area contributed by atoms with E-state index in [-0.39, 0.29) is 46.1 Å². The van der Waals surface area contributed by atoms with Crippen LogP contribution < -0.4 is 0 Å². The van der Waals surface area contributed by atoms with Crippen molar-refractivity contribution in [3.63, 3.8) is 0 Å². The SMILES string of the molecule is COC1CC(C)(O)C(C)c2c(C)c3c(c(O)c21)C(=O)c1c(O)cccc1C3=O. The van der Waals surface area contributed by atoms with Crippen LogP contribution in [0.2, 0.25) is 0 Å². The molecule has 2 aromatic carbocycles. The van der Waals surface area contributed by atoms with Gasteiger partial charge in [0.15, 0.2) is 5.78 Å². The van der Waals surface area contributed by atoms with Crippen LogP contribution in [0.1, 0.15) is 80.8 Å². The Morgan fingerprint density at radius 3 is 2.39 bits per heavy atom. The minimum atomic E-state index is -1.10. The van der Waals surface area contributed by atoms with Crippen LogP contribution in [0.25, 0.3) is 0 Å². The first-order valence-electron chi connectivity index (χ1n) is 9.17. The quantitative estimate of drug-likeness (QED) is 0.597. The van der Waals surface area contributed by atoms with Gasteiger partial charge in [0.05, 0.1) is 22.8 Å². The maximum Gasteiger partial charge on any atom is 0.201 e. The van der Waals surface area contributed by atoms with Crippen molar-refractivity contribution in [3.05, 3.63) is 57.1 Å². The zero-order chi connectivity index (χ0) is 20.5. The average Bonchev–Trinajstić information content (AvgIpc) is 2.64. The van der Waals surface area contributed by atoms with Gasteiger partial charge >= 0.3 is 0 Å². The Morgan fingerprint density at radius 1 is 1.07 bits per heavy atom. The van der Waals surface area contributed by atoms with Crippen molar-refractivity contribution >= 4 is 11.6 Å². The van der Waals surface area contributed by atoms with Crippen molar-refractivity contribution in [1.82, 2.24) is 0 Å². The van der Waals surface area contributed by atoms with Gasteiger partial charge in [0.2, 0.25) is 5.78 Å². The lowest BCUT2D eigenvalue weighted by Gasteiger charge is -2.42. The van der Waals surface area contributed by atoms with E-state index in [0.29, 0.717) is 16.7 Å². The van der Waals surface area contributed by atoms with Gasteiger partial charge in [-0.25, -0.2) is 0 Å². The molecule has 4 rings (SSSR count). The van der Waals surface area contributed by atoms with Crippen LogP contribution in [-0.2, 0) is 4.74 Å². The standard InChI is InChI=1S/C22H22O6/c1-9-14-10(2)22(3,27)8-13(28-4)17(14)21(26)18-15(9)19(24)11-6-5-7-12(23)16(11)20(18)25/h5-7,10,13,23,26-27H,8H2,1-4H3. The maximum absolute atomic E-state index is 13.2. The molecule has 3 N–H and O–H groups in total. The second kappa shape index (κ2) is 5.90. The molecule has 0 radical (unpaired) electrons. The third-order valence-electron chi connectivity index (χ3n) is 6.35. The summed E-state index contributed by atoms with van der Waals surface area (Å²) in [7, 11) is 1.48. The van der Waals surface area contributed by atoms with Gasteiger partial charge in [-0.05, 0) is 31.0 Å². The molecule has 6 nitrogen and oxygen atoms in total. The molecule has 0 spiro atoms. The zero-order valence-electron chi connectivity index (χ0n) is 16.2. The molecule has 0 fully saturated rings. The van der Waals surface area contributed by atoms with E-state index >= 15 is 0 Å². The first-order chi connectivity index (χ1) is 13.1. The Bertz CT molecular complexity index is 1050. The first kappa shape index (κ1) is 18.7. The molecule has 0 aromatic heterocycles. The third kappa shape index (κ3) is 2.22. The Hall–Kier alpha value is -2.70. The number of ketones is 2. The fraction of sp³-hybridized carbons (Fsp3) is 0.364. The van der Waals surface area contributed by atoms with Crippen molar-refractivity contribution < 1.29 is 29.6 Å². The van der Waals surface area contributed by atoms with Crippen molar-refractivity contribution in [2.24, 2.45) is 0 Å². The second-order valence-corrected chi connectivity index (χ2v) is 7.92. The largest absolute Gasteiger partial charge is 0.507 e. The van der Waals surface area contributed by atoms with Crippen LogP contribution >= 0.6 is 0 Å². The van der Waals surface area contributed by atoms with Crippen molar-refractivity contribution in [3.8, 4) is 11.5 Å². The highest BCUT2D eigenvalue weighted by Crippen LogP contribution is 2.53. The third-order valence-corrected chi connectivity index (χ3v) is 6.35. The Balaban J connectivity index is 2.11. The summed E-state index contributed by atoms with van der Waals surface area (Å²) in [5, 5.41) is 32.1. The molecule has 146 valence electrons. The van der Waals surface area contributed by atoms with Crippen LogP contribution in [0.15, 0.2) is 18.2 Å². The van der Waals surface area contributed by atoms with Gasteiger partial charge in [-0.1, -0.05) is 19.1 Å². The number of hydrogen-bond donors (Lipinski definition) is 3. The molecule has 6 heteroatoms. The molecule has 0 bridgehead atoms. The molecule has 0 aliphatic heterocycles. The van der Waals surface area contributed by atoms with Gasteiger partial charge < -0.3 is 20.1 Å². The lowest BCUT2D eigenvalue weighted by atomic mass is 9.67. The summed E-state index contributed by atoms with van der Waals surface area (Å²) in [5.74, 6) is -2.00. The topological polar surface area (TPSA) is 104 Å². The Morgan fingerprint density at radius 2 is 1.75 bits per heavy atom. The van der Waals surface area contributed by atoms with Gasteiger partial charge in [-0.15, -0.1) is 0 Å². The fourth-order valence-corrected chi connectivity index (χ4v) is 4.69. The van der Waals surface area contributed by atoms with Gasteiger partial charge in [-0.2, -0.15) is 0 Å². The summed E-state index contributed by atoms with van der Waals surface area (Å²) < 4.78 is 5.52. The molecule has 2 aliphatic rings. The predicted octanol–water partition coefficient (Wildman–Crippen LogP) is 3.13. The zero-order valence-corrected chi connectivity index (χ0v) is 16.2. The summed E-state index contributed by atoms with van der Waals surface area (Å²) in [6, 6.07) is 4.34. The second-order valence-electron chi connectivity index (χ2n) is 7.92. The minimum Gasteiger partial charge on any atom is -0.507 e. The molecular weight excluding hydrogens is 360 g/mol. The lowest BCUT2D eigenvalue weighted by molar-refractivity contribution is -0.0416. The van der Waals surface area contributed by atoms with Gasteiger partial charge in [0.1, 0.15) is 11.5 Å². The number of aromatic hydroxyl groups is 2. The summed E-state index contributed by atoms with van der Waals surface area (Å²) in [6.07, 6.45) is -0.383. The van der Waals surface area contributed by atoms with Crippen LogP contribution in [0.5, 0.6) is 11.5 Å². The van der Waals surface area contributed by atoms with E-state index in [4.69, 9.17) is 4.74 Å². The molecule has 0 saturated carbocycles. The number of benzene rings is 2. The van der Waals surface area contributed by atoms with E-state index < -0.39 is 23.3 Å². The van der Waals surface area contributed by atoms with E-state index in [1.807, 2.05) is 6.92 Å². The number of carbonyl (C=O) groups is 2. The maximum atomic E-state index is 13.2. The molecule has 0 amide bonds. The van der Waals surface area contributed by atoms with Crippen molar-refractivity contribution in [2.45, 2.75) is 44.8 Å².